The third kappa shape index (κ3) is 1.80. The molecule has 0 heterocycles. The summed E-state index contributed by atoms with van der Waals surface area (Å²) in [6, 6.07) is 0.842. The summed E-state index contributed by atoms with van der Waals surface area (Å²) in [5, 5.41) is 3.61. The first-order valence-corrected chi connectivity index (χ1v) is 5.28. The van der Waals surface area contributed by atoms with Crippen LogP contribution >= 0.6 is 0 Å². The largest absolute Gasteiger partial charge is 0.330 e. The lowest BCUT2D eigenvalue weighted by atomic mass is 9.86. The van der Waals surface area contributed by atoms with Crippen molar-refractivity contribution < 1.29 is 0 Å². The zero-order chi connectivity index (χ0) is 8.44. The Balaban J connectivity index is 1.79. The van der Waals surface area contributed by atoms with Crippen LogP contribution in [0.2, 0.25) is 0 Å². The van der Waals surface area contributed by atoms with Gasteiger partial charge < -0.3 is 11.1 Å². The first-order valence-electron chi connectivity index (χ1n) is 5.28. The molecule has 3 N–H and O–H groups in total. The van der Waals surface area contributed by atoms with Gasteiger partial charge in [-0.25, -0.2) is 0 Å². The molecule has 2 fully saturated rings. The highest BCUT2D eigenvalue weighted by molar-refractivity contribution is 4.91. The van der Waals surface area contributed by atoms with Crippen molar-refractivity contribution in [3.05, 3.63) is 0 Å². The highest BCUT2D eigenvalue weighted by atomic mass is 15.0. The lowest BCUT2D eigenvalue weighted by Crippen LogP contribution is -2.39. The molecular weight excluding hydrogens is 148 g/mol. The molecule has 0 unspecified atom stereocenters. The second-order valence-electron chi connectivity index (χ2n) is 4.57. The molecule has 70 valence electrons. The van der Waals surface area contributed by atoms with Crippen LogP contribution in [0, 0.1) is 5.41 Å². The second kappa shape index (κ2) is 3.35. The lowest BCUT2D eigenvalue weighted by molar-refractivity contribution is 0.290. The predicted octanol–water partition coefficient (Wildman–Crippen LogP) is 1.26. The fourth-order valence-corrected chi connectivity index (χ4v) is 2.23. The van der Waals surface area contributed by atoms with Gasteiger partial charge in [0.05, 0.1) is 0 Å². The molecule has 0 atom stereocenters. The molecule has 0 amide bonds. The monoisotopic (exact) mass is 168 g/mol. The minimum absolute atomic E-state index is 0.475. The van der Waals surface area contributed by atoms with E-state index in [1.807, 2.05) is 0 Å². The molecule has 12 heavy (non-hydrogen) atoms. The van der Waals surface area contributed by atoms with Crippen molar-refractivity contribution in [3.8, 4) is 0 Å². The maximum absolute atomic E-state index is 5.84. The third-order valence-electron chi connectivity index (χ3n) is 3.44. The average Bonchev–Trinajstić information content (AvgIpc) is 2.82. The highest BCUT2D eigenvalue weighted by Gasteiger charge is 2.33. The van der Waals surface area contributed by atoms with Gasteiger partial charge in [0.25, 0.3) is 0 Å². The fourth-order valence-electron chi connectivity index (χ4n) is 2.23. The summed E-state index contributed by atoms with van der Waals surface area (Å²) in [5.74, 6) is 0. The smallest absolute Gasteiger partial charge is 0.00684 e. The van der Waals surface area contributed by atoms with Crippen LogP contribution in [0.15, 0.2) is 0 Å². The van der Waals surface area contributed by atoms with Crippen LogP contribution in [0.1, 0.15) is 38.5 Å². The zero-order valence-corrected chi connectivity index (χ0v) is 7.81. The number of hydrogen-bond acceptors (Lipinski definition) is 2. The van der Waals surface area contributed by atoms with Gasteiger partial charge in [-0.15, -0.1) is 0 Å². The Hall–Kier alpha value is -0.0800. The molecule has 2 saturated carbocycles. The van der Waals surface area contributed by atoms with Crippen LogP contribution in [0.25, 0.3) is 0 Å². The third-order valence-corrected chi connectivity index (χ3v) is 3.44. The summed E-state index contributed by atoms with van der Waals surface area (Å²) < 4.78 is 0. The Morgan fingerprint density at radius 2 is 1.92 bits per heavy atom. The summed E-state index contributed by atoms with van der Waals surface area (Å²) in [7, 11) is 0. The Morgan fingerprint density at radius 1 is 1.25 bits per heavy atom. The Bertz CT molecular complexity index is 146. The van der Waals surface area contributed by atoms with Gasteiger partial charge in [-0.05, 0) is 37.6 Å². The molecule has 0 bridgehead atoms. The Morgan fingerprint density at radius 3 is 2.42 bits per heavy atom. The topological polar surface area (TPSA) is 38.0 Å². The van der Waals surface area contributed by atoms with E-state index < -0.39 is 0 Å². The molecule has 2 nitrogen and oxygen atoms in total. The normalized spacial score (nSPS) is 27.8. The maximum Gasteiger partial charge on any atom is 0.00684 e. The summed E-state index contributed by atoms with van der Waals surface area (Å²) in [6.07, 6.45) is 8.26. The van der Waals surface area contributed by atoms with Crippen LogP contribution in [-0.4, -0.2) is 19.1 Å². The van der Waals surface area contributed by atoms with E-state index in [9.17, 15) is 0 Å². The first-order chi connectivity index (χ1) is 5.85. The Kier molecular flexibility index (Phi) is 2.37. The van der Waals surface area contributed by atoms with Gasteiger partial charge in [-0.3, -0.25) is 0 Å². The second-order valence-corrected chi connectivity index (χ2v) is 4.57. The maximum atomic E-state index is 5.84. The van der Waals surface area contributed by atoms with E-state index in [0.717, 1.165) is 12.6 Å². The van der Waals surface area contributed by atoms with Crippen molar-refractivity contribution in [2.75, 3.05) is 13.1 Å². The molecule has 0 aromatic heterocycles. The summed E-state index contributed by atoms with van der Waals surface area (Å²) in [5.41, 5.74) is 6.31. The minimum atomic E-state index is 0.475. The van der Waals surface area contributed by atoms with Gasteiger partial charge in [0.15, 0.2) is 0 Å². The van der Waals surface area contributed by atoms with Gasteiger partial charge in [0, 0.05) is 12.6 Å². The fraction of sp³-hybridized carbons (Fsp3) is 1.00. The molecule has 0 aromatic rings. The molecule has 2 rings (SSSR count). The van der Waals surface area contributed by atoms with E-state index in [2.05, 4.69) is 5.32 Å². The number of nitrogens with one attached hydrogen (secondary N) is 1. The molecule has 0 radical (unpaired) electrons. The van der Waals surface area contributed by atoms with Gasteiger partial charge in [-0.1, -0.05) is 12.8 Å². The molecule has 0 aromatic carbocycles. The summed E-state index contributed by atoms with van der Waals surface area (Å²) in [4.78, 5) is 0. The van der Waals surface area contributed by atoms with Crippen molar-refractivity contribution in [1.82, 2.24) is 5.32 Å². The van der Waals surface area contributed by atoms with Crippen LogP contribution in [0.5, 0.6) is 0 Å². The minimum Gasteiger partial charge on any atom is -0.330 e. The average molecular weight is 168 g/mol. The van der Waals surface area contributed by atoms with Gasteiger partial charge in [0.1, 0.15) is 0 Å². The molecule has 2 aliphatic rings. The highest BCUT2D eigenvalue weighted by Crippen LogP contribution is 2.37. The standard InChI is InChI=1S/C10H20N2/c11-7-10(5-1-2-6-10)8-12-9-3-4-9/h9,12H,1-8,11H2. The van der Waals surface area contributed by atoms with E-state index >= 15 is 0 Å². The van der Waals surface area contributed by atoms with Gasteiger partial charge in [0.2, 0.25) is 0 Å². The quantitative estimate of drug-likeness (QED) is 0.663. The van der Waals surface area contributed by atoms with Crippen molar-refractivity contribution in [3.63, 3.8) is 0 Å². The van der Waals surface area contributed by atoms with Crippen LogP contribution in [0.4, 0.5) is 0 Å². The van der Waals surface area contributed by atoms with Gasteiger partial charge >= 0.3 is 0 Å². The first kappa shape index (κ1) is 8.52. The predicted molar refractivity (Wildman–Crippen MR) is 51.0 cm³/mol. The van der Waals surface area contributed by atoms with Crippen LogP contribution in [0.3, 0.4) is 0 Å². The molecule has 2 aliphatic carbocycles. The number of nitrogens with two attached hydrogens (primary N) is 1. The van der Waals surface area contributed by atoms with E-state index in [1.54, 1.807) is 0 Å². The van der Waals surface area contributed by atoms with E-state index in [1.165, 1.54) is 45.1 Å². The zero-order valence-electron chi connectivity index (χ0n) is 7.81. The van der Waals surface area contributed by atoms with E-state index in [-0.39, 0.29) is 0 Å². The van der Waals surface area contributed by atoms with Crippen molar-refractivity contribution >= 4 is 0 Å². The summed E-state index contributed by atoms with van der Waals surface area (Å²) in [6.45, 7) is 2.06. The SMILES string of the molecule is NCC1(CNC2CC2)CCCC1. The molecule has 2 heteroatoms. The van der Waals surface area contributed by atoms with Crippen molar-refractivity contribution in [1.29, 1.82) is 0 Å². The lowest BCUT2D eigenvalue weighted by Gasteiger charge is -2.27. The Labute approximate surface area is 74.9 Å². The summed E-state index contributed by atoms with van der Waals surface area (Å²) >= 11 is 0. The molecular formula is C10H20N2. The molecule has 0 saturated heterocycles. The number of hydrogen-bond donors (Lipinski definition) is 2. The number of rotatable bonds is 4. The van der Waals surface area contributed by atoms with E-state index in [4.69, 9.17) is 5.73 Å². The van der Waals surface area contributed by atoms with E-state index in [0.29, 0.717) is 5.41 Å². The van der Waals surface area contributed by atoms with Crippen LogP contribution < -0.4 is 11.1 Å². The van der Waals surface area contributed by atoms with Crippen molar-refractivity contribution in [2.24, 2.45) is 11.1 Å². The van der Waals surface area contributed by atoms with Crippen LogP contribution in [-0.2, 0) is 0 Å². The molecule has 0 spiro atoms. The molecule has 0 aliphatic heterocycles. The van der Waals surface area contributed by atoms with Crippen molar-refractivity contribution in [2.45, 2.75) is 44.6 Å². The van der Waals surface area contributed by atoms with Gasteiger partial charge in [-0.2, -0.15) is 0 Å².